The number of ketones is 1. The van der Waals surface area contributed by atoms with Gasteiger partial charge >= 0.3 is 0 Å². The van der Waals surface area contributed by atoms with E-state index in [1.54, 1.807) is 24.6 Å². The summed E-state index contributed by atoms with van der Waals surface area (Å²) >= 11 is 4.95. The molecule has 0 unspecified atom stereocenters. The summed E-state index contributed by atoms with van der Waals surface area (Å²) in [6.45, 7) is 0. The van der Waals surface area contributed by atoms with E-state index in [-0.39, 0.29) is 5.78 Å². The van der Waals surface area contributed by atoms with Gasteiger partial charge in [-0.2, -0.15) is 0 Å². The molecule has 0 aliphatic heterocycles. The van der Waals surface area contributed by atoms with E-state index in [4.69, 9.17) is 0 Å². The fraction of sp³-hybridized carbons (Fsp3) is 0.222. The second-order valence-corrected chi connectivity index (χ2v) is 4.92. The zero-order valence-electron chi connectivity index (χ0n) is 7.98. The average Bonchev–Trinajstić information content (AvgIpc) is 2.77. The molecule has 0 radical (unpaired) electrons. The van der Waals surface area contributed by atoms with Crippen molar-refractivity contribution in [2.75, 3.05) is 0 Å². The second kappa shape index (κ2) is 4.24. The van der Waals surface area contributed by atoms with E-state index < -0.39 is 0 Å². The first-order chi connectivity index (χ1) is 7.16. The Morgan fingerprint density at radius 3 is 3.00 bits per heavy atom. The Bertz CT molecular complexity index is 491. The van der Waals surface area contributed by atoms with Crippen LogP contribution in [0.5, 0.6) is 0 Å². The number of carbonyl (C=O) groups is 1. The fourth-order valence-electron chi connectivity index (χ4n) is 1.16. The predicted molar refractivity (Wildman–Crippen MR) is 61.1 cm³/mol. The largest absolute Gasteiger partial charge is 0.292 e. The maximum atomic E-state index is 11.7. The Morgan fingerprint density at radius 2 is 2.47 bits per heavy atom. The average molecular weight is 286 g/mol. The molecule has 2 aromatic heterocycles. The van der Waals surface area contributed by atoms with Gasteiger partial charge in [0.25, 0.3) is 0 Å². The SMILES string of the molecule is Cn1cc(C(=O)Cc2sccc2Br)nn1. The summed E-state index contributed by atoms with van der Waals surface area (Å²) < 4.78 is 2.50. The van der Waals surface area contributed by atoms with E-state index in [2.05, 4.69) is 26.2 Å². The van der Waals surface area contributed by atoms with Crippen LogP contribution in [0.25, 0.3) is 0 Å². The highest BCUT2D eigenvalue weighted by Crippen LogP contribution is 2.23. The molecule has 0 bridgehead atoms. The van der Waals surface area contributed by atoms with Gasteiger partial charge in [-0.15, -0.1) is 16.4 Å². The van der Waals surface area contributed by atoms with Crippen molar-refractivity contribution in [3.05, 3.63) is 32.7 Å². The molecule has 0 N–H and O–H groups in total. The van der Waals surface area contributed by atoms with Crippen molar-refractivity contribution in [1.29, 1.82) is 0 Å². The normalized spacial score (nSPS) is 10.5. The molecular weight excluding hydrogens is 278 g/mol. The molecule has 0 saturated heterocycles. The topological polar surface area (TPSA) is 47.8 Å². The Kier molecular flexibility index (Phi) is 2.97. The van der Waals surface area contributed by atoms with Crippen molar-refractivity contribution in [1.82, 2.24) is 15.0 Å². The molecule has 0 saturated carbocycles. The van der Waals surface area contributed by atoms with Gasteiger partial charge in [0.2, 0.25) is 0 Å². The van der Waals surface area contributed by atoms with E-state index in [9.17, 15) is 4.79 Å². The molecular formula is C9H8BrN3OS. The van der Waals surface area contributed by atoms with Gasteiger partial charge in [-0.3, -0.25) is 9.48 Å². The number of thiophene rings is 1. The van der Waals surface area contributed by atoms with Crippen LogP contribution in [0.2, 0.25) is 0 Å². The summed E-state index contributed by atoms with van der Waals surface area (Å²) in [5, 5.41) is 9.45. The molecule has 6 heteroatoms. The monoisotopic (exact) mass is 285 g/mol. The third-order valence-electron chi connectivity index (χ3n) is 1.90. The molecule has 0 fully saturated rings. The number of rotatable bonds is 3. The zero-order valence-corrected chi connectivity index (χ0v) is 10.4. The molecule has 0 aliphatic rings. The minimum atomic E-state index is -0.00810. The Labute approximate surface area is 99.0 Å². The van der Waals surface area contributed by atoms with Crippen molar-refractivity contribution in [2.45, 2.75) is 6.42 Å². The van der Waals surface area contributed by atoms with E-state index >= 15 is 0 Å². The molecule has 4 nitrogen and oxygen atoms in total. The summed E-state index contributed by atoms with van der Waals surface area (Å²) in [6, 6.07) is 1.93. The summed E-state index contributed by atoms with van der Waals surface area (Å²) in [5.74, 6) is -0.00810. The standard InChI is InChI=1S/C9H8BrN3OS/c1-13-5-7(11-12-13)8(14)4-9-6(10)2-3-15-9/h2-3,5H,4H2,1H3. The summed E-state index contributed by atoms with van der Waals surface area (Å²) in [5.41, 5.74) is 0.415. The second-order valence-electron chi connectivity index (χ2n) is 3.07. The van der Waals surface area contributed by atoms with E-state index in [0.29, 0.717) is 12.1 Å². The van der Waals surface area contributed by atoms with E-state index in [0.717, 1.165) is 9.35 Å². The van der Waals surface area contributed by atoms with E-state index in [1.165, 1.54) is 4.68 Å². The van der Waals surface area contributed by atoms with Crippen LogP contribution in [0.3, 0.4) is 0 Å². The minimum Gasteiger partial charge on any atom is -0.292 e. The smallest absolute Gasteiger partial charge is 0.189 e. The van der Waals surface area contributed by atoms with Crippen LogP contribution in [0, 0.1) is 0 Å². The predicted octanol–water partition coefficient (Wildman–Crippen LogP) is 2.06. The molecule has 0 aliphatic carbocycles. The van der Waals surface area contributed by atoms with Crippen molar-refractivity contribution in [2.24, 2.45) is 7.05 Å². The molecule has 2 aromatic rings. The molecule has 0 spiro atoms. The van der Waals surface area contributed by atoms with Gasteiger partial charge < -0.3 is 0 Å². The van der Waals surface area contributed by atoms with E-state index in [1.807, 2.05) is 11.4 Å². The lowest BCUT2D eigenvalue weighted by Gasteiger charge is -1.94. The first-order valence-electron chi connectivity index (χ1n) is 4.28. The minimum absolute atomic E-state index is 0.00810. The molecule has 0 aromatic carbocycles. The third kappa shape index (κ3) is 2.32. The zero-order chi connectivity index (χ0) is 10.8. The fourth-order valence-corrected chi connectivity index (χ4v) is 2.65. The number of Topliss-reactive ketones (excluding diaryl/α,β-unsaturated/α-hetero) is 1. The summed E-state index contributed by atoms with van der Waals surface area (Å²) in [7, 11) is 1.74. The van der Waals surface area contributed by atoms with Gasteiger partial charge in [0.05, 0.1) is 6.20 Å². The quantitative estimate of drug-likeness (QED) is 0.811. The highest BCUT2D eigenvalue weighted by molar-refractivity contribution is 9.10. The van der Waals surface area contributed by atoms with Gasteiger partial charge in [-0.05, 0) is 27.4 Å². The molecule has 0 amide bonds. The summed E-state index contributed by atoms with van der Waals surface area (Å²) in [6.07, 6.45) is 2.00. The van der Waals surface area contributed by atoms with Crippen molar-refractivity contribution in [3.63, 3.8) is 0 Å². The van der Waals surface area contributed by atoms with Gasteiger partial charge in [0, 0.05) is 22.8 Å². The van der Waals surface area contributed by atoms with Gasteiger partial charge in [-0.1, -0.05) is 5.21 Å². The maximum Gasteiger partial charge on any atom is 0.189 e. The molecule has 0 atom stereocenters. The highest BCUT2D eigenvalue weighted by Gasteiger charge is 2.13. The van der Waals surface area contributed by atoms with Crippen molar-refractivity contribution < 1.29 is 4.79 Å². The lowest BCUT2D eigenvalue weighted by molar-refractivity contribution is 0.0989. The molecule has 15 heavy (non-hydrogen) atoms. The van der Waals surface area contributed by atoms with Crippen LogP contribution in [-0.4, -0.2) is 20.8 Å². The van der Waals surface area contributed by atoms with Gasteiger partial charge in [0.1, 0.15) is 5.69 Å². The summed E-state index contributed by atoms with van der Waals surface area (Å²) in [4.78, 5) is 12.8. The van der Waals surface area contributed by atoms with Crippen LogP contribution >= 0.6 is 27.3 Å². The lowest BCUT2D eigenvalue weighted by atomic mass is 10.2. The molecule has 78 valence electrons. The number of aryl methyl sites for hydroxylation is 1. The number of hydrogen-bond acceptors (Lipinski definition) is 4. The lowest BCUT2D eigenvalue weighted by Crippen LogP contribution is -2.03. The Hall–Kier alpha value is -1.01. The Morgan fingerprint density at radius 1 is 1.67 bits per heavy atom. The van der Waals surface area contributed by atoms with Crippen LogP contribution in [0.4, 0.5) is 0 Å². The molecule has 2 rings (SSSR count). The first-order valence-corrected chi connectivity index (χ1v) is 5.95. The number of halogens is 1. The van der Waals surface area contributed by atoms with Crippen LogP contribution in [-0.2, 0) is 13.5 Å². The van der Waals surface area contributed by atoms with Crippen LogP contribution in [0.15, 0.2) is 22.1 Å². The Balaban J connectivity index is 2.14. The number of carbonyl (C=O) groups excluding carboxylic acids is 1. The van der Waals surface area contributed by atoms with Gasteiger partial charge in [0.15, 0.2) is 5.78 Å². The van der Waals surface area contributed by atoms with Gasteiger partial charge in [-0.25, -0.2) is 0 Å². The van der Waals surface area contributed by atoms with Crippen molar-refractivity contribution >= 4 is 33.0 Å². The number of nitrogens with zero attached hydrogens (tertiary/aromatic N) is 3. The number of aromatic nitrogens is 3. The molecule has 2 heterocycles. The van der Waals surface area contributed by atoms with Crippen molar-refractivity contribution in [3.8, 4) is 0 Å². The number of hydrogen-bond donors (Lipinski definition) is 0. The first kappa shape index (κ1) is 10.5. The third-order valence-corrected chi connectivity index (χ3v) is 3.83. The van der Waals surface area contributed by atoms with Crippen LogP contribution < -0.4 is 0 Å². The maximum absolute atomic E-state index is 11.7. The highest BCUT2D eigenvalue weighted by atomic mass is 79.9. The van der Waals surface area contributed by atoms with Crippen LogP contribution in [0.1, 0.15) is 15.4 Å².